The number of aryl methyl sites for hydroxylation is 1. The summed E-state index contributed by atoms with van der Waals surface area (Å²) in [5, 5.41) is 5.00. The molecule has 0 aliphatic rings. The summed E-state index contributed by atoms with van der Waals surface area (Å²) in [6, 6.07) is 5.67. The van der Waals surface area contributed by atoms with Crippen LogP contribution in [-0.2, 0) is 0 Å². The Balaban J connectivity index is 1.64. The molecule has 0 radical (unpaired) electrons. The van der Waals surface area contributed by atoms with Gasteiger partial charge in [-0.05, 0) is 31.2 Å². The highest BCUT2D eigenvalue weighted by molar-refractivity contribution is 5.99. The number of benzene rings is 1. The monoisotopic (exact) mass is 378 g/mol. The lowest BCUT2D eigenvalue weighted by Crippen LogP contribution is -2.20. The Morgan fingerprint density at radius 2 is 1.85 bits per heavy atom. The third-order valence-corrected chi connectivity index (χ3v) is 3.31. The summed E-state index contributed by atoms with van der Waals surface area (Å²) >= 11 is 0. The van der Waals surface area contributed by atoms with Crippen molar-refractivity contribution in [3.8, 4) is 11.6 Å². The second-order valence-corrected chi connectivity index (χ2v) is 5.26. The largest absolute Gasteiger partial charge is 0.573 e. The quantitative estimate of drug-likeness (QED) is 0.725. The van der Waals surface area contributed by atoms with E-state index >= 15 is 0 Å². The maximum absolute atomic E-state index is 12.1. The molecule has 11 heteroatoms. The molecule has 8 nitrogen and oxygen atoms in total. The molecule has 0 aliphatic heterocycles. The molecule has 0 fully saturated rings. The molecule has 0 saturated carbocycles. The van der Waals surface area contributed by atoms with Gasteiger partial charge in [0.05, 0.1) is 0 Å². The number of carbonyl (C=O) groups is 1. The molecule has 2 heterocycles. The van der Waals surface area contributed by atoms with Gasteiger partial charge in [0.25, 0.3) is 0 Å². The Hall–Kier alpha value is -3.63. The first-order valence-corrected chi connectivity index (χ1v) is 7.56. The number of hydrogen-bond acceptors (Lipinski definition) is 5. The fraction of sp³-hybridized carbons (Fsp3) is 0.125. The number of aromatic nitrogens is 4. The molecule has 1 aromatic carbocycles. The van der Waals surface area contributed by atoms with Crippen LogP contribution in [0.3, 0.4) is 0 Å². The summed E-state index contributed by atoms with van der Waals surface area (Å²) in [5.41, 5.74) is 0.279. The van der Waals surface area contributed by atoms with E-state index in [0.29, 0.717) is 11.6 Å². The standard InChI is InChI=1S/C16H13F3N6O2/c1-10-20-6-7-25(10)14-8-13(21-9-22-14)24-15(26)23-11-2-4-12(5-3-11)27-16(17,18)19/h2-9H,1H3,(H2,21,22,23,24,26). The molecule has 27 heavy (non-hydrogen) atoms. The summed E-state index contributed by atoms with van der Waals surface area (Å²) in [7, 11) is 0. The molecule has 2 N–H and O–H groups in total. The van der Waals surface area contributed by atoms with Crippen molar-refractivity contribution in [3.05, 3.63) is 54.9 Å². The van der Waals surface area contributed by atoms with Crippen LogP contribution in [0.4, 0.5) is 29.5 Å². The van der Waals surface area contributed by atoms with Crippen LogP contribution < -0.4 is 15.4 Å². The topological polar surface area (TPSA) is 94.0 Å². The minimum absolute atomic E-state index is 0.239. The van der Waals surface area contributed by atoms with Gasteiger partial charge in [-0.3, -0.25) is 9.88 Å². The van der Waals surface area contributed by atoms with E-state index in [4.69, 9.17) is 0 Å². The number of nitrogens with one attached hydrogen (secondary N) is 2. The van der Waals surface area contributed by atoms with Crippen LogP contribution in [0.1, 0.15) is 5.82 Å². The van der Waals surface area contributed by atoms with Crippen molar-refractivity contribution in [2.75, 3.05) is 10.6 Å². The lowest BCUT2D eigenvalue weighted by atomic mass is 10.3. The van der Waals surface area contributed by atoms with Crippen LogP contribution in [0.25, 0.3) is 5.82 Å². The summed E-state index contributed by atoms with van der Waals surface area (Å²) in [6.07, 6.45) is -0.159. The van der Waals surface area contributed by atoms with E-state index in [-0.39, 0.29) is 17.3 Å². The van der Waals surface area contributed by atoms with E-state index in [9.17, 15) is 18.0 Å². The van der Waals surface area contributed by atoms with Crippen molar-refractivity contribution in [3.63, 3.8) is 0 Å². The van der Waals surface area contributed by atoms with Gasteiger partial charge in [0.2, 0.25) is 0 Å². The number of carbonyl (C=O) groups excluding carboxylic acids is 1. The van der Waals surface area contributed by atoms with E-state index in [1.165, 1.54) is 18.5 Å². The van der Waals surface area contributed by atoms with Gasteiger partial charge in [0.1, 0.15) is 29.5 Å². The zero-order valence-corrected chi connectivity index (χ0v) is 13.9. The number of halogens is 3. The zero-order valence-electron chi connectivity index (χ0n) is 13.9. The molecule has 3 aromatic rings. The second kappa shape index (κ2) is 7.32. The van der Waals surface area contributed by atoms with Crippen LogP contribution in [0.15, 0.2) is 49.1 Å². The first-order valence-electron chi connectivity index (χ1n) is 7.56. The number of imidazole rings is 1. The molecule has 2 amide bonds. The number of alkyl halides is 3. The smallest absolute Gasteiger partial charge is 0.406 e. The SMILES string of the molecule is Cc1nccn1-c1cc(NC(=O)Nc2ccc(OC(F)(F)F)cc2)ncn1. The van der Waals surface area contributed by atoms with Gasteiger partial charge in [-0.15, -0.1) is 13.2 Å². The molecule has 0 aliphatic carbocycles. The van der Waals surface area contributed by atoms with Crippen LogP contribution in [-0.4, -0.2) is 31.9 Å². The van der Waals surface area contributed by atoms with Crippen LogP contribution in [0, 0.1) is 6.92 Å². The molecule has 2 aromatic heterocycles. The summed E-state index contributed by atoms with van der Waals surface area (Å²) in [5.74, 6) is 1.08. The normalized spacial score (nSPS) is 11.1. The van der Waals surface area contributed by atoms with Gasteiger partial charge in [-0.25, -0.2) is 19.7 Å². The molecule has 0 spiro atoms. The molecule has 3 rings (SSSR count). The third kappa shape index (κ3) is 4.93. The van der Waals surface area contributed by atoms with Crippen molar-refractivity contribution in [2.45, 2.75) is 13.3 Å². The number of ether oxygens (including phenoxy) is 1. The maximum atomic E-state index is 12.1. The van der Waals surface area contributed by atoms with E-state index in [2.05, 4.69) is 30.3 Å². The van der Waals surface area contributed by atoms with Crippen molar-refractivity contribution < 1.29 is 22.7 Å². The zero-order chi connectivity index (χ0) is 19.4. The number of hydrogen-bond donors (Lipinski definition) is 2. The molecule has 0 unspecified atom stereocenters. The van der Waals surface area contributed by atoms with Crippen molar-refractivity contribution in [1.29, 1.82) is 0 Å². The Morgan fingerprint density at radius 3 is 2.48 bits per heavy atom. The number of amides is 2. The van der Waals surface area contributed by atoms with Crippen LogP contribution in [0.2, 0.25) is 0 Å². The first kappa shape index (κ1) is 18.2. The Bertz CT molecular complexity index is 940. The van der Waals surface area contributed by atoms with E-state index < -0.39 is 12.4 Å². The van der Waals surface area contributed by atoms with Gasteiger partial charge in [-0.1, -0.05) is 0 Å². The van der Waals surface area contributed by atoms with Gasteiger partial charge in [-0.2, -0.15) is 0 Å². The number of anilines is 2. The number of nitrogens with zero attached hydrogens (tertiary/aromatic N) is 4. The van der Waals surface area contributed by atoms with Gasteiger partial charge >= 0.3 is 12.4 Å². The number of rotatable bonds is 4. The lowest BCUT2D eigenvalue weighted by Gasteiger charge is -2.11. The molecular weight excluding hydrogens is 365 g/mol. The minimum Gasteiger partial charge on any atom is -0.406 e. The summed E-state index contributed by atoms with van der Waals surface area (Å²) in [4.78, 5) is 24.2. The second-order valence-electron chi connectivity index (χ2n) is 5.26. The average Bonchev–Trinajstić information content (AvgIpc) is 3.01. The highest BCUT2D eigenvalue weighted by atomic mass is 19.4. The summed E-state index contributed by atoms with van der Waals surface area (Å²) < 4.78 is 41.9. The van der Waals surface area contributed by atoms with Crippen LogP contribution >= 0.6 is 0 Å². The average molecular weight is 378 g/mol. The molecule has 0 atom stereocenters. The molecular formula is C16H13F3N6O2. The van der Waals surface area contributed by atoms with Gasteiger partial charge in [0, 0.05) is 24.1 Å². The molecule has 140 valence electrons. The number of urea groups is 1. The van der Waals surface area contributed by atoms with E-state index in [1.54, 1.807) is 30.0 Å². The van der Waals surface area contributed by atoms with Crippen LogP contribution in [0.5, 0.6) is 5.75 Å². The van der Waals surface area contributed by atoms with Gasteiger partial charge in [0.15, 0.2) is 0 Å². The lowest BCUT2D eigenvalue weighted by molar-refractivity contribution is -0.274. The Kier molecular flexibility index (Phi) is 4.92. The fourth-order valence-corrected chi connectivity index (χ4v) is 2.19. The highest BCUT2D eigenvalue weighted by Crippen LogP contribution is 2.24. The first-order chi connectivity index (χ1) is 12.8. The Morgan fingerprint density at radius 1 is 1.11 bits per heavy atom. The summed E-state index contributed by atoms with van der Waals surface area (Å²) in [6.45, 7) is 1.80. The maximum Gasteiger partial charge on any atom is 0.573 e. The fourth-order valence-electron chi connectivity index (χ4n) is 2.19. The van der Waals surface area contributed by atoms with Crippen molar-refractivity contribution >= 4 is 17.5 Å². The van der Waals surface area contributed by atoms with E-state index in [1.807, 2.05) is 0 Å². The molecule has 0 bridgehead atoms. The predicted molar refractivity (Wildman–Crippen MR) is 89.7 cm³/mol. The highest BCUT2D eigenvalue weighted by Gasteiger charge is 2.30. The van der Waals surface area contributed by atoms with Gasteiger partial charge < -0.3 is 10.1 Å². The predicted octanol–water partition coefficient (Wildman–Crippen LogP) is 3.51. The third-order valence-electron chi connectivity index (χ3n) is 3.31. The minimum atomic E-state index is -4.77. The Labute approximate surface area is 151 Å². The molecule has 0 saturated heterocycles. The van der Waals surface area contributed by atoms with E-state index in [0.717, 1.165) is 12.1 Å². The van der Waals surface area contributed by atoms with Crippen molar-refractivity contribution in [2.24, 2.45) is 0 Å². The van der Waals surface area contributed by atoms with Crippen molar-refractivity contribution in [1.82, 2.24) is 19.5 Å².